The minimum absolute atomic E-state index is 0.0228. The molecule has 1 fully saturated rings. The van der Waals surface area contributed by atoms with Crippen LogP contribution in [0.5, 0.6) is 5.75 Å². The minimum Gasteiger partial charge on any atom is -0.487 e. The predicted octanol–water partition coefficient (Wildman–Crippen LogP) is 5.38. The molecule has 1 aliphatic rings. The number of fused-ring (bicyclic) bond motifs is 2. The number of nitrogens with zero attached hydrogens (tertiary/aromatic N) is 4. The number of amides is 1. The summed E-state index contributed by atoms with van der Waals surface area (Å²) < 4.78 is 13.9. The van der Waals surface area contributed by atoms with Crippen molar-refractivity contribution < 1.29 is 13.9 Å². The monoisotopic (exact) mass is 466 g/mol. The normalized spacial score (nSPS) is 14.6. The van der Waals surface area contributed by atoms with Gasteiger partial charge in [0.25, 0.3) is 5.91 Å². The van der Waals surface area contributed by atoms with Crippen molar-refractivity contribution in [1.29, 1.82) is 0 Å². The molecule has 0 aliphatic carbocycles. The maximum Gasteiger partial charge on any atom is 0.253 e. The first-order chi connectivity index (χ1) is 17.1. The van der Waals surface area contributed by atoms with Crippen LogP contribution in [0.1, 0.15) is 46.3 Å². The number of carbonyl (C=O) groups excluding carboxylic acids is 1. The van der Waals surface area contributed by atoms with Crippen molar-refractivity contribution in [3.05, 3.63) is 95.8 Å². The van der Waals surface area contributed by atoms with Gasteiger partial charge in [-0.25, -0.2) is 9.97 Å². The molecule has 3 aromatic heterocycles. The molecule has 1 amide bonds. The molecule has 7 heteroatoms. The number of piperidine rings is 1. The van der Waals surface area contributed by atoms with Gasteiger partial charge in [0.15, 0.2) is 11.5 Å². The van der Waals surface area contributed by atoms with Crippen molar-refractivity contribution in [1.82, 2.24) is 19.3 Å². The number of para-hydroxylation sites is 2. The molecule has 35 heavy (non-hydrogen) atoms. The van der Waals surface area contributed by atoms with E-state index >= 15 is 0 Å². The van der Waals surface area contributed by atoms with E-state index in [1.165, 1.54) is 5.56 Å². The lowest BCUT2D eigenvalue weighted by Gasteiger charge is -2.30. The average Bonchev–Trinajstić information content (AvgIpc) is 3.51. The van der Waals surface area contributed by atoms with E-state index in [-0.39, 0.29) is 11.8 Å². The third-order valence-corrected chi connectivity index (χ3v) is 6.56. The van der Waals surface area contributed by atoms with Crippen LogP contribution >= 0.6 is 0 Å². The highest BCUT2D eigenvalue weighted by molar-refractivity contribution is 5.94. The number of ether oxygens (including phenoxy) is 1. The number of oxazole rings is 1. The van der Waals surface area contributed by atoms with Gasteiger partial charge in [-0.15, -0.1) is 0 Å². The van der Waals surface area contributed by atoms with Gasteiger partial charge in [0.2, 0.25) is 0 Å². The number of rotatable bonds is 5. The Bertz CT molecular complexity index is 1480. The molecule has 0 N–H and O–H groups in total. The number of hydrogen-bond acceptors (Lipinski definition) is 5. The van der Waals surface area contributed by atoms with E-state index in [9.17, 15) is 4.79 Å². The minimum atomic E-state index is 0.0228. The van der Waals surface area contributed by atoms with Crippen LogP contribution in [0.25, 0.3) is 16.7 Å². The van der Waals surface area contributed by atoms with Gasteiger partial charge in [0.05, 0.1) is 5.69 Å². The van der Waals surface area contributed by atoms with E-state index in [1.807, 2.05) is 82.4 Å². The zero-order chi connectivity index (χ0) is 23.8. The number of aromatic nitrogens is 3. The second-order valence-electron chi connectivity index (χ2n) is 9.11. The highest BCUT2D eigenvalue weighted by atomic mass is 16.5. The Morgan fingerprint density at radius 3 is 2.74 bits per heavy atom. The molecular weight excluding hydrogens is 440 g/mol. The van der Waals surface area contributed by atoms with Crippen LogP contribution in [0.4, 0.5) is 0 Å². The Kier molecular flexibility index (Phi) is 5.45. The highest BCUT2D eigenvalue weighted by Crippen LogP contribution is 2.30. The van der Waals surface area contributed by atoms with Gasteiger partial charge in [-0.05, 0) is 61.7 Å². The van der Waals surface area contributed by atoms with Crippen LogP contribution in [-0.2, 0) is 6.61 Å². The summed E-state index contributed by atoms with van der Waals surface area (Å²) in [5.74, 6) is 1.69. The fourth-order valence-electron chi connectivity index (χ4n) is 4.68. The lowest BCUT2D eigenvalue weighted by molar-refractivity contribution is 0.0706. The first-order valence-corrected chi connectivity index (χ1v) is 11.9. The second-order valence-corrected chi connectivity index (χ2v) is 9.11. The van der Waals surface area contributed by atoms with Crippen molar-refractivity contribution in [3.63, 3.8) is 0 Å². The Hall–Kier alpha value is -4.13. The maximum absolute atomic E-state index is 13.2. The average molecular weight is 467 g/mol. The summed E-state index contributed by atoms with van der Waals surface area (Å²) in [5.41, 5.74) is 5.24. The molecule has 6 rings (SSSR count). The molecule has 1 aliphatic heterocycles. The van der Waals surface area contributed by atoms with E-state index in [0.29, 0.717) is 31.0 Å². The molecule has 7 nitrogen and oxygen atoms in total. The van der Waals surface area contributed by atoms with Crippen LogP contribution < -0.4 is 4.74 Å². The number of pyridine rings is 1. The third kappa shape index (κ3) is 4.37. The van der Waals surface area contributed by atoms with Crippen molar-refractivity contribution in [2.24, 2.45) is 0 Å². The summed E-state index contributed by atoms with van der Waals surface area (Å²) in [6.07, 6.45) is 5.68. The molecule has 176 valence electrons. The molecule has 0 unspecified atom stereocenters. The Morgan fingerprint density at radius 1 is 1.03 bits per heavy atom. The third-order valence-electron chi connectivity index (χ3n) is 6.56. The summed E-state index contributed by atoms with van der Waals surface area (Å²) in [6, 6.07) is 19.2. The van der Waals surface area contributed by atoms with E-state index in [0.717, 1.165) is 41.2 Å². The van der Waals surface area contributed by atoms with E-state index in [1.54, 1.807) is 0 Å². The van der Waals surface area contributed by atoms with Crippen LogP contribution in [-0.4, -0.2) is 38.3 Å². The van der Waals surface area contributed by atoms with Crippen molar-refractivity contribution in [2.45, 2.75) is 32.3 Å². The van der Waals surface area contributed by atoms with Crippen LogP contribution in [0.15, 0.2) is 77.5 Å². The number of benzene rings is 2. The van der Waals surface area contributed by atoms with Gasteiger partial charge in [-0.1, -0.05) is 24.3 Å². The van der Waals surface area contributed by atoms with Gasteiger partial charge in [0.1, 0.15) is 23.5 Å². The summed E-state index contributed by atoms with van der Waals surface area (Å²) in [4.78, 5) is 24.3. The number of hydrogen-bond donors (Lipinski definition) is 0. The highest BCUT2D eigenvalue weighted by Gasteiger charge is 2.27. The summed E-state index contributed by atoms with van der Waals surface area (Å²) in [7, 11) is 0. The standard InChI is InChI=1S/C28H26N4O3/c1-19-9-10-26-29-22(17-32(26)16-19)18-34-23-6-4-5-21(15-23)28(33)31-13-11-20(12-14-31)27-30-24-7-2-3-8-25(24)35-27/h2-10,15-17,20H,11-14,18H2,1H3. The van der Waals surface area contributed by atoms with Gasteiger partial charge < -0.3 is 18.5 Å². The second kappa shape index (κ2) is 8.91. The molecule has 1 saturated heterocycles. The number of aryl methyl sites for hydroxylation is 1. The van der Waals surface area contributed by atoms with Crippen LogP contribution in [0.3, 0.4) is 0 Å². The fourth-order valence-corrected chi connectivity index (χ4v) is 4.68. The van der Waals surface area contributed by atoms with Gasteiger partial charge >= 0.3 is 0 Å². The summed E-state index contributed by atoms with van der Waals surface area (Å²) in [5, 5.41) is 0. The lowest BCUT2D eigenvalue weighted by atomic mass is 9.96. The molecule has 2 aromatic carbocycles. The summed E-state index contributed by atoms with van der Waals surface area (Å²) in [6.45, 7) is 3.74. The first kappa shape index (κ1) is 21.4. The molecule has 0 saturated carbocycles. The maximum atomic E-state index is 13.2. The zero-order valence-electron chi connectivity index (χ0n) is 19.6. The number of imidazole rings is 1. The SMILES string of the molecule is Cc1ccc2nc(COc3cccc(C(=O)N4CCC(c5nc6ccccc6o5)CC4)c3)cn2c1. The topological polar surface area (TPSA) is 72.9 Å². The van der Waals surface area contributed by atoms with Crippen molar-refractivity contribution in [3.8, 4) is 5.75 Å². The molecule has 0 atom stereocenters. The molecule has 4 heterocycles. The van der Waals surface area contributed by atoms with Crippen LogP contribution in [0.2, 0.25) is 0 Å². The first-order valence-electron chi connectivity index (χ1n) is 11.9. The largest absolute Gasteiger partial charge is 0.487 e. The van der Waals surface area contributed by atoms with Gasteiger partial charge in [-0.3, -0.25) is 4.79 Å². The van der Waals surface area contributed by atoms with Gasteiger partial charge in [0, 0.05) is 37.0 Å². The fraction of sp³-hybridized carbons (Fsp3) is 0.250. The molecular formula is C28H26N4O3. The lowest BCUT2D eigenvalue weighted by Crippen LogP contribution is -2.38. The van der Waals surface area contributed by atoms with Crippen LogP contribution in [0, 0.1) is 6.92 Å². The zero-order valence-corrected chi connectivity index (χ0v) is 19.6. The molecule has 0 spiro atoms. The quantitative estimate of drug-likeness (QED) is 0.348. The smallest absolute Gasteiger partial charge is 0.253 e. The van der Waals surface area contributed by atoms with E-state index in [4.69, 9.17) is 9.15 Å². The van der Waals surface area contributed by atoms with Gasteiger partial charge in [-0.2, -0.15) is 0 Å². The predicted molar refractivity (Wildman–Crippen MR) is 133 cm³/mol. The number of likely N-dealkylation sites (tertiary alicyclic amines) is 1. The molecule has 5 aromatic rings. The van der Waals surface area contributed by atoms with E-state index in [2.05, 4.69) is 16.9 Å². The Balaban J connectivity index is 1.09. The molecule has 0 bridgehead atoms. The Morgan fingerprint density at radius 2 is 1.89 bits per heavy atom. The van der Waals surface area contributed by atoms with Crippen molar-refractivity contribution in [2.75, 3.05) is 13.1 Å². The molecule has 0 radical (unpaired) electrons. The summed E-state index contributed by atoms with van der Waals surface area (Å²) >= 11 is 0. The Labute approximate surface area is 203 Å². The van der Waals surface area contributed by atoms with E-state index < -0.39 is 0 Å². The number of carbonyl (C=O) groups is 1. The van der Waals surface area contributed by atoms with Crippen molar-refractivity contribution >= 4 is 22.7 Å².